The molecule has 2 atom stereocenters. The second-order valence-corrected chi connectivity index (χ2v) is 4.93. The minimum Gasteiger partial charge on any atom is -0.490 e. The summed E-state index contributed by atoms with van der Waals surface area (Å²) in [6.07, 6.45) is -0.370. The fraction of sp³-hybridized carbons (Fsp3) is 0.625. The Bertz CT molecular complexity index is 409. The highest BCUT2D eigenvalue weighted by Gasteiger charge is 2.12. The Labute approximate surface area is 126 Å². The second-order valence-electron chi connectivity index (χ2n) is 4.93. The predicted molar refractivity (Wildman–Crippen MR) is 82.9 cm³/mol. The van der Waals surface area contributed by atoms with Crippen LogP contribution in [0.3, 0.4) is 0 Å². The van der Waals surface area contributed by atoms with E-state index in [2.05, 4.69) is 5.32 Å². The number of benzene rings is 1. The van der Waals surface area contributed by atoms with Crippen LogP contribution in [0.15, 0.2) is 18.2 Å². The highest BCUT2D eigenvalue weighted by molar-refractivity contribution is 5.43. The van der Waals surface area contributed by atoms with E-state index in [9.17, 15) is 5.11 Å². The number of hydrogen-bond acceptors (Lipinski definition) is 5. The zero-order chi connectivity index (χ0) is 15.7. The van der Waals surface area contributed by atoms with E-state index in [1.807, 2.05) is 32.0 Å². The van der Waals surface area contributed by atoms with Crippen LogP contribution in [0.2, 0.25) is 0 Å². The molecule has 0 heterocycles. The Morgan fingerprint density at radius 3 is 2.38 bits per heavy atom. The third-order valence-corrected chi connectivity index (χ3v) is 2.99. The number of rotatable bonds is 10. The van der Waals surface area contributed by atoms with E-state index in [4.69, 9.17) is 14.6 Å². The van der Waals surface area contributed by atoms with E-state index < -0.39 is 6.10 Å². The normalized spacial score (nSPS) is 13.8. The maximum atomic E-state index is 10.2. The van der Waals surface area contributed by atoms with Crippen molar-refractivity contribution in [2.75, 3.05) is 26.3 Å². The maximum Gasteiger partial charge on any atom is 0.161 e. The Morgan fingerprint density at radius 1 is 1.10 bits per heavy atom. The first kappa shape index (κ1) is 17.8. The quantitative estimate of drug-likeness (QED) is 0.575. The lowest BCUT2D eigenvalue weighted by Crippen LogP contribution is -2.26. The third-order valence-electron chi connectivity index (χ3n) is 2.99. The van der Waals surface area contributed by atoms with Gasteiger partial charge in [0, 0.05) is 6.54 Å². The largest absolute Gasteiger partial charge is 0.490 e. The third kappa shape index (κ3) is 6.33. The van der Waals surface area contributed by atoms with Crippen LogP contribution in [0.5, 0.6) is 11.5 Å². The van der Waals surface area contributed by atoms with Gasteiger partial charge in [-0.3, -0.25) is 0 Å². The summed E-state index contributed by atoms with van der Waals surface area (Å²) in [6.45, 7) is 7.86. The van der Waals surface area contributed by atoms with E-state index >= 15 is 0 Å². The smallest absolute Gasteiger partial charge is 0.161 e. The van der Waals surface area contributed by atoms with Crippen LogP contribution in [0, 0.1) is 0 Å². The Morgan fingerprint density at radius 2 is 1.76 bits per heavy atom. The summed E-state index contributed by atoms with van der Waals surface area (Å²) in [5.41, 5.74) is 0.806. The van der Waals surface area contributed by atoms with Gasteiger partial charge in [0.25, 0.3) is 0 Å². The van der Waals surface area contributed by atoms with Gasteiger partial charge in [-0.1, -0.05) is 6.07 Å². The monoisotopic (exact) mass is 297 g/mol. The molecule has 120 valence electrons. The summed E-state index contributed by atoms with van der Waals surface area (Å²) < 4.78 is 11.1. The summed E-state index contributed by atoms with van der Waals surface area (Å²) in [5.74, 6) is 1.36. The average Bonchev–Trinajstić information content (AvgIpc) is 2.45. The predicted octanol–water partition coefficient (Wildman–Crippen LogP) is 1.88. The van der Waals surface area contributed by atoms with Crippen molar-refractivity contribution in [3.05, 3.63) is 23.8 Å². The molecule has 0 aromatic heterocycles. The van der Waals surface area contributed by atoms with E-state index in [0.29, 0.717) is 44.2 Å². The van der Waals surface area contributed by atoms with Crippen molar-refractivity contribution in [2.24, 2.45) is 0 Å². The van der Waals surface area contributed by atoms with Crippen LogP contribution in [0.1, 0.15) is 38.9 Å². The minimum absolute atomic E-state index is 0.378. The Kier molecular flexibility index (Phi) is 8.12. The van der Waals surface area contributed by atoms with Gasteiger partial charge in [-0.15, -0.1) is 0 Å². The summed E-state index contributed by atoms with van der Waals surface area (Å²) >= 11 is 0. The zero-order valence-electron chi connectivity index (χ0n) is 13.1. The van der Waals surface area contributed by atoms with Crippen molar-refractivity contribution in [2.45, 2.75) is 39.4 Å². The fourth-order valence-electron chi connectivity index (χ4n) is 1.99. The van der Waals surface area contributed by atoms with E-state index in [1.165, 1.54) is 0 Å². The molecule has 0 spiro atoms. The summed E-state index contributed by atoms with van der Waals surface area (Å²) in [5, 5.41) is 22.4. The van der Waals surface area contributed by atoms with Crippen molar-refractivity contribution in [1.82, 2.24) is 5.32 Å². The van der Waals surface area contributed by atoms with Crippen molar-refractivity contribution in [3.8, 4) is 11.5 Å². The van der Waals surface area contributed by atoms with Crippen LogP contribution >= 0.6 is 0 Å². The van der Waals surface area contributed by atoms with E-state index in [1.54, 1.807) is 6.92 Å². The molecule has 0 fully saturated rings. The molecule has 1 aromatic carbocycles. The molecular weight excluding hydrogens is 270 g/mol. The van der Waals surface area contributed by atoms with Crippen LogP contribution in [0.25, 0.3) is 0 Å². The van der Waals surface area contributed by atoms with Crippen molar-refractivity contribution >= 4 is 0 Å². The molecule has 0 saturated heterocycles. The lowest BCUT2D eigenvalue weighted by molar-refractivity contribution is 0.158. The summed E-state index contributed by atoms with van der Waals surface area (Å²) in [6, 6.07) is 5.51. The average molecular weight is 297 g/mol. The molecule has 5 nitrogen and oxygen atoms in total. The highest BCUT2D eigenvalue weighted by Crippen LogP contribution is 2.31. The van der Waals surface area contributed by atoms with Crippen LogP contribution in [-0.2, 0) is 0 Å². The van der Waals surface area contributed by atoms with Gasteiger partial charge in [0.2, 0.25) is 0 Å². The standard InChI is InChI=1S/C16H27NO4/c1-4-20-15-7-6-13(10-16(15)21-5-2)14(19)8-9-17-11-12(3)18/h6-7,10,12,14,17-19H,4-5,8-9,11H2,1-3H3. The molecule has 1 aromatic rings. The molecule has 1 rings (SSSR count). The maximum absolute atomic E-state index is 10.2. The number of nitrogens with one attached hydrogen (secondary N) is 1. The van der Waals surface area contributed by atoms with Gasteiger partial charge in [0.05, 0.1) is 25.4 Å². The molecule has 3 N–H and O–H groups in total. The first-order valence-corrected chi connectivity index (χ1v) is 7.54. The lowest BCUT2D eigenvalue weighted by Gasteiger charge is -2.16. The second kappa shape index (κ2) is 9.60. The van der Waals surface area contributed by atoms with Gasteiger partial charge < -0.3 is 25.0 Å². The highest BCUT2D eigenvalue weighted by atomic mass is 16.5. The van der Waals surface area contributed by atoms with Gasteiger partial charge in [0.1, 0.15) is 0 Å². The molecule has 21 heavy (non-hydrogen) atoms. The lowest BCUT2D eigenvalue weighted by atomic mass is 10.1. The van der Waals surface area contributed by atoms with Crippen LogP contribution in [-0.4, -0.2) is 42.6 Å². The number of hydrogen-bond donors (Lipinski definition) is 3. The van der Waals surface area contributed by atoms with Crippen LogP contribution in [0.4, 0.5) is 0 Å². The Balaban J connectivity index is 2.62. The fourth-order valence-corrected chi connectivity index (χ4v) is 1.99. The topological polar surface area (TPSA) is 71.0 Å². The first-order chi connectivity index (χ1) is 10.1. The van der Waals surface area contributed by atoms with Crippen LogP contribution < -0.4 is 14.8 Å². The van der Waals surface area contributed by atoms with Gasteiger partial charge in [0.15, 0.2) is 11.5 Å². The first-order valence-electron chi connectivity index (χ1n) is 7.54. The molecule has 0 amide bonds. The van der Waals surface area contributed by atoms with Crippen molar-refractivity contribution in [3.63, 3.8) is 0 Å². The minimum atomic E-state index is -0.568. The number of ether oxygens (including phenoxy) is 2. The van der Waals surface area contributed by atoms with Gasteiger partial charge in [-0.25, -0.2) is 0 Å². The molecule has 0 aliphatic rings. The molecule has 0 aliphatic heterocycles. The molecule has 2 unspecified atom stereocenters. The summed E-state index contributed by atoms with van der Waals surface area (Å²) in [4.78, 5) is 0. The van der Waals surface area contributed by atoms with Gasteiger partial charge >= 0.3 is 0 Å². The SMILES string of the molecule is CCOc1ccc(C(O)CCNCC(C)O)cc1OCC. The van der Waals surface area contributed by atoms with Gasteiger partial charge in [-0.05, 0) is 51.4 Å². The molecule has 5 heteroatoms. The van der Waals surface area contributed by atoms with Gasteiger partial charge in [-0.2, -0.15) is 0 Å². The Hall–Kier alpha value is -1.30. The number of aliphatic hydroxyl groups excluding tert-OH is 2. The molecule has 0 bridgehead atoms. The summed E-state index contributed by atoms with van der Waals surface area (Å²) in [7, 11) is 0. The van der Waals surface area contributed by atoms with Crippen molar-refractivity contribution < 1.29 is 19.7 Å². The molecule has 0 radical (unpaired) electrons. The molecule has 0 saturated carbocycles. The van der Waals surface area contributed by atoms with Crippen molar-refractivity contribution in [1.29, 1.82) is 0 Å². The molecular formula is C16H27NO4. The van der Waals surface area contributed by atoms with E-state index in [-0.39, 0.29) is 6.10 Å². The zero-order valence-corrected chi connectivity index (χ0v) is 13.1. The molecule has 0 aliphatic carbocycles. The van der Waals surface area contributed by atoms with E-state index in [0.717, 1.165) is 5.56 Å². The number of aliphatic hydroxyl groups is 2.